The molecule has 0 bridgehead atoms. The Morgan fingerprint density at radius 2 is 1.61 bits per heavy atom. The van der Waals surface area contributed by atoms with Gasteiger partial charge in [-0.3, -0.25) is 0 Å². The molecule has 0 unspecified atom stereocenters. The van der Waals surface area contributed by atoms with Crippen LogP contribution in [0.2, 0.25) is 0 Å². The highest BCUT2D eigenvalue weighted by molar-refractivity contribution is 5.44. The van der Waals surface area contributed by atoms with E-state index in [1.54, 1.807) is 0 Å². The molecular weight excluding hydrogens is 222 g/mol. The molecule has 0 heterocycles. The molecule has 1 aromatic carbocycles. The molecule has 0 aromatic heterocycles. The first-order chi connectivity index (χ1) is 8.57. The molecule has 0 saturated heterocycles. The zero-order valence-corrected chi connectivity index (χ0v) is 12.5. The van der Waals surface area contributed by atoms with E-state index in [2.05, 4.69) is 46.0 Å². The largest absolute Gasteiger partial charge is 0.380 e. The third-order valence-corrected chi connectivity index (χ3v) is 3.69. The highest BCUT2D eigenvalue weighted by Gasteiger charge is 2.07. The van der Waals surface area contributed by atoms with Crippen molar-refractivity contribution in [2.75, 3.05) is 26.3 Å². The number of aryl methyl sites for hydroxylation is 2. The standard InChI is InChI=1S/C16H27NO/c1-6-17-8-10-18-9-7-16-14(4)12(2)11-13(3)15(16)5/h11,17H,6-10H2,1-5H3. The van der Waals surface area contributed by atoms with Gasteiger partial charge in [0.25, 0.3) is 0 Å². The summed E-state index contributed by atoms with van der Waals surface area (Å²) < 4.78 is 5.67. The highest BCUT2D eigenvalue weighted by Crippen LogP contribution is 2.21. The minimum Gasteiger partial charge on any atom is -0.380 e. The Morgan fingerprint density at radius 3 is 2.17 bits per heavy atom. The predicted molar refractivity (Wildman–Crippen MR) is 78.5 cm³/mol. The van der Waals surface area contributed by atoms with E-state index in [4.69, 9.17) is 4.74 Å². The Balaban J connectivity index is 2.52. The molecule has 2 heteroatoms. The van der Waals surface area contributed by atoms with Crippen LogP contribution in [0, 0.1) is 27.7 Å². The van der Waals surface area contributed by atoms with Gasteiger partial charge in [0.2, 0.25) is 0 Å². The van der Waals surface area contributed by atoms with Crippen molar-refractivity contribution in [1.82, 2.24) is 5.32 Å². The fraction of sp³-hybridized carbons (Fsp3) is 0.625. The Morgan fingerprint density at radius 1 is 1.00 bits per heavy atom. The summed E-state index contributed by atoms with van der Waals surface area (Å²) in [6, 6.07) is 2.28. The monoisotopic (exact) mass is 249 g/mol. The van der Waals surface area contributed by atoms with Crippen molar-refractivity contribution in [1.29, 1.82) is 0 Å². The first kappa shape index (κ1) is 15.2. The van der Waals surface area contributed by atoms with E-state index in [0.29, 0.717) is 0 Å². The number of nitrogens with one attached hydrogen (secondary N) is 1. The molecule has 0 amide bonds. The molecule has 0 aliphatic rings. The number of benzene rings is 1. The van der Waals surface area contributed by atoms with Gasteiger partial charge in [-0.05, 0) is 68.5 Å². The Labute approximate surface area is 112 Å². The predicted octanol–water partition coefficient (Wildman–Crippen LogP) is 3.09. The van der Waals surface area contributed by atoms with Gasteiger partial charge >= 0.3 is 0 Å². The van der Waals surface area contributed by atoms with Gasteiger partial charge in [0, 0.05) is 6.54 Å². The maximum absolute atomic E-state index is 5.67. The first-order valence-electron chi connectivity index (χ1n) is 6.92. The van der Waals surface area contributed by atoms with Crippen LogP contribution in [0.5, 0.6) is 0 Å². The van der Waals surface area contributed by atoms with E-state index < -0.39 is 0 Å². The third-order valence-electron chi connectivity index (χ3n) is 3.69. The van der Waals surface area contributed by atoms with Crippen molar-refractivity contribution in [2.45, 2.75) is 41.0 Å². The molecule has 18 heavy (non-hydrogen) atoms. The van der Waals surface area contributed by atoms with Crippen molar-refractivity contribution < 1.29 is 4.74 Å². The SMILES string of the molecule is CCNCCOCCc1c(C)c(C)cc(C)c1C. The smallest absolute Gasteiger partial charge is 0.0591 e. The van der Waals surface area contributed by atoms with E-state index in [1.807, 2.05) is 0 Å². The Kier molecular flexibility index (Phi) is 6.37. The fourth-order valence-corrected chi connectivity index (χ4v) is 2.27. The molecular formula is C16H27NO. The lowest BCUT2D eigenvalue weighted by molar-refractivity contribution is 0.139. The molecule has 1 N–H and O–H groups in total. The second-order valence-corrected chi connectivity index (χ2v) is 4.95. The number of hydrogen-bond acceptors (Lipinski definition) is 2. The molecule has 2 nitrogen and oxygen atoms in total. The Hall–Kier alpha value is -0.860. The highest BCUT2D eigenvalue weighted by atomic mass is 16.5. The second kappa shape index (κ2) is 7.55. The van der Waals surface area contributed by atoms with Gasteiger partial charge in [0.15, 0.2) is 0 Å². The molecule has 102 valence electrons. The molecule has 0 saturated carbocycles. The maximum atomic E-state index is 5.67. The Bertz CT molecular complexity index is 359. The number of rotatable bonds is 7. The molecule has 1 rings (SSSR count). The van der Waals surface area contributed by atoms with Crippen LogP contribution >= 0.6 is 0 Å². The lowest BCUT2D eigenvalue weighted by atomic mass is 9.92. The molecule has 0 radical (unpaired) electrons. The molecule has 0 aliphatic carbocycles. The molecule has 0 atom stereocenters. The van der Waals surface area contributed by atoms with E-state index in [9.17, 15) is 0 Å². The maximum Gasteiger partial charge on any atom is 0.0591 e. The van der Waals surface area contributed by atoms with Crippen molar-refractivity contribution in [3.05, 3.63) is 33.9 Å². The normalized spacial score (nSPS) is 10.9. The quantitative estimate of drug-likeness (QED) is 0.750. The topological polar surface area (TPSA) is 21.3 Å². The van der Waals surface area contributed by atoms with E-state index in [0.717, 1.165) is 32.7 Å². The molecule has 0 fully saturated rings. The van der Waals surface area contributed by atoms with E-state index >= 15 is 0 Å². The van der Waals surface area contributed by atoms with Crippen molar-refractivity contribution in [3.8, 4) is 0 Å². The number of ether oxygens (including phenoxy) is 1. The summed E-state index contributed by atoms with van der Waals surface area (Å²) in [5, 5.41) is 3.26. The molecule has 0 spiro atoms. The van der Waals surface area contributed by atoms with Crippen LogP contribution in [0.1, 0.15) is 34.7 Å². The van der Waals surface area contributed by atoms with Crippen LogP contribution in [0.4, 0.5) is 0 Å². The van der Waals surface area contributed by atoms with Crippen LogP contribution < -0.4 is 5.32 Å². The van der Waals surface area contributed by atoms with Gasteiger partial charge in [-0.2, -0.15) is 0 Å². The summed E-state index contributed by atoms with van der Waals surface area (Å²) in [4.78, 5) is 0. The summed E-state index contributed by atoms with van der Waals surface area (Å²) >= 11 is 0. The van der Waals surface area contributed by atoms with Crippen LogP contribution in [-0.4, -0.2) is 26.3 Å². The summed E-state index contributed by atoms with van der Waals surface area (Å²) in [7, 11) is 0. The van der Waals surface area contributed by atoms with Crippen molar-refractivity contribution >= 4 is 0 Å². The average molecular weight is 249 g/mol. The van der Waals surface area contributed by atoms with Gasteiger partial charge in [0.1, 0.15) is 0 Å². The van der Waals surface area contributed by atoms with Gasteiger partial charge in [-0.15, -0.1) is 0 Å². The van der Waals surface area contributed by atoms with E-state index in [1.165, 1.54) is 27.8 Å². The van der Waals surface area contributed by atoms with Crippen LogP contribution in [0.3, 0.4) is 0 Å². The summed E-state index contributed by atoms with van der Waals surface area (Å²) in [6.07, 6.45) is 1.02. The zero-order chi connectivity index (χ0) is 13.5. The summed E-state index contributed by atoms with van der Waals surface area (Å²) in [6.45, 7) is 14.5. The van der Waals surface area contributed by atoms with Crippen molar-refractivity contribution in [3.63, 3.8) is 0 Å². The van der Waals surface area contributed by atoms with E-state index in [-0.39, 0.29) is 0 Å². The average Bonchev–Trinajstić information content (AvgIpc) is 2.35. The van der Waals surface area contributed by atoms with Crippen LogP contribution in [-0.2, 0) is 11.2 Å². The van der Waals surface area contributed by atoms with Gasteiger partial charge < -0.3 is 10.1 Å². The lowest BCUT2D eigenvalue weighted by Crippen LogP contribution is -2.19. The van der Waals surface area contributed by atoms with Crippen LogP contribution in [0.15, 0.2) is 6.07 Å². The molecule has 0 aliphatic heterocycles. The third kappa shape index (κ3) is 4.11. The van der Waals surface area contributed by atoms with Gasteiger partial charge in [0.05, 0.1) is 13.2 Å². The summed E-state index contributed by atoms with van der Waals surface area (Å²) in [5.41, 5.74) is 7.10. The fourth-order valence-electron chi connectivity index (χ4n) is 2.27. The number of hydrogen-bond donors (Lipinski definition) is 1. The second-order valence-electron chi connectivity index (χ2n) is 4.95. The van der Waals surface area contributed by atoms with Crippen molar-refractivity contribution in [2.24, 2.45) is 0 Å². The first-order valence-corrected chi connectivity index (χ1v) is 6.92. The van der Waals surface area contributed by atoms with Gasteiger partial charge in [-0.1, -0.05) is 13.0 Å². The van der Waals surface area contributed by atoms with Gasteiger partial charge in [-0.25, -0.2) is 0 Å². The lowest BCUT2D eigenvalue weighted by Gasteiger charge is -2.15. The minimum absolute atomic E-state index is 0.802. The zero-order valence-electron chi connectivity index (χ0n) is 12.5. The van der Waals surface area contributed by atoms with Crippen LogP contribution in [0.25, 0.3) is 0 Å². The summed E-state index contributed by atoms with van der Waals surface area (Å²) in [5.74, 6) is 0. The minimum atomic E-state index is 0.802. The number of likely N-dealkylation sites (N-methyl/N-ethyl adjacent to an activating group) is 1. The molecule has 1 aromatic rings.